The molecule has 10 nitrogen and oxygen atoms in total. The van der Waals surface area contributed by atoms with E-state index in [2.05, 4.69) is 15.3 Å². The van der Waals surface area contributed by atoms with Gasteiger partial charge in [0.1, 0.15) is 12.4 Å². The Morgan fingerprint density at radius 3 is 2.80 bits per heavy atom. The zero-order valence-corrected chi connectivity index (χ0v) is 17.4. The molecule has 1 unspecified atom stereocenters. The number of carbonyl (C=O) groups excluding carboxylic acids is 1. The van der Waals surface area contributed by atoms with Crippen molar-refractivity contribution in [1.82, 2.24) is 9.97 Å². The van der Waals surface area contributed by atoms with Crippen molar-refractivity contribution in [1.29, 1.82) is 0 Å². The van der Waals surface area contributed by atoms with Crippen molar-refractivity contribution in [3.8, 4) is 0 Å². The second-order valence-electron chi connectivity index (χ2n) is 6.41. The first kappa shape index (κ1) is 21.5. The molecule has 3 rings (SSSR count). The summed E-state index contributed by atoms with van der Waals surface area (Å²) >= 11 is 1.26. The average Bonchev–Trinajstić information content (AvgIpc) is 2.72. The van der Waals surface area contributed by atoms with Crippen LogP contribution in [0.25, 0.3) is 0 Å². The molecular weight excluding hydrogens is 412 g/mol. The summed E-state index contributed by atoms with van der Waals surface area (Å²) in [7, 11) is 1.48. The lowest BCUT2D eigenvalue weighted by Gasteiger charge is -2.28. The number of esters is 1. The summed E-state index contributed by atoms with van der Waals surface area (Å²) < 4.78 is 10.2. The van der Waals surface area contributed by atoms with Gasteiger partial charge in [-0.3, -0.25) is 14.9 Å². The standard InChI is InChI=1S/C19H20N4O6S/c1-10-13(18(25)29-8-7-28-2)14(11-5-4-6-12(9-11)23(26)27)15-16(20-10)21-19(30-3)22-17(15)24/h4-6,9,14H,7-8H2,1-3H3,(H2,20,21,22,24). The molecular formula is C19H20N4O6S. The molecule has 1 aromatic heterocycles. The molecule has 0 radical (unpaired) electrons. The van der Waals surface area contributed by atoms with Crippen LogP contribution in [0.1, 0.15) is 24.0 Å². The summed E-state index contributed by atoms with van der Waals surface area (Å²) in [6.07, 6.45) is 1.77. The molecule has 0 aliphatic carbocycles. The molecule has 1 aliphatic rings. The fraction of sp³-hybridized carbons (Fsp3) is 0.316. The molecule has 0 fully saturated rings. The number of rotatable bonds is 7. The molecule has 2 N–H and O–H groups in total. The maximum Gasteiger partial charge on any atom is 0.336 e. The Morgan fingerprint density at radius 1 is 1.37 bits per heavy atom. The van der Waals surface area contributed by atoms with Crippen LogP contribution in [0.4, 0.5) is 11.5 Å². The summed E-state index contributed by atoms with van der Waals surface area (Å²) in [6, 6.07) is 5.83. The van der Waals surface area contributed by atoms with Gasteiger partial charge in [-0.05, 0) is 18.7 Å². The normalized spacial score (nSPS) is 15.4. The maximum atomic E-state index is 12.9. The lowest BCUT2D eigenvalue weighted by atomic mass is 9.82. The van der Waals surface area contributed by atoms with Crippen LogP contribution in [0.2, 0.25) is 0 Å². The third-order valence-corrected chi connectivity index (χ3v) is 5.15. The number of anilines is 1. The lowest BCUT2D eigenvalue weighted by Crippen LogP contribution is -2.31. The molecule has 30 heavy (non-hydrogen) atoms. The number of aromatic amines is 1. The third-order valence-electron chi connectivity index (χ3n) is 4.57. The first-order valence-electron chi connectivity index (χ1n) is 8.93. The fourth-order valence-corrected chi connectivity index (χ4v) is 3.62. The third kappa shape index (κ3) is 4.21. The summed E-state index contributed by atoms with van der Waals surface area (Å²) in [4.78, 5) is 43.6. The van der Waals surface area contributed by atoms with E-state index >= 15 is 0 Å². The molecule has 2 heterocycles. The zero-order chi connectivity index (χ0) is 21.8. The van der Waals surface area contributed by atoms with E-state index in [0.29, 0.717) is 22.2 Å². The second kappa shape index (κ2) is 9.09. The number of nitro groups is 1. The molecule has 0 amide bonds. The molecule has 1 aliphatic heterocycles. The van der Waals surface area contributed by atoms with E-state index in [4.69, 9.17) is 9.47 Å². The average molecular weight is 432 g/mol. The molecule has 1 atom stereocenters. The van der Waals surface area contributed by atoms with Gasteiger partial charge in [0.05, 0.1) is 28.6 Å². The van der Waals surface area contributed by atoms with Gasteiger partial charge in [0.15, 0.2) is 5.16 Å². The zero-order valence-electron chi connectivity index (χ0n) is 16.6. The highest BCUT2D eigenvalue weighted by molar-refractivity contribution is 7.98. The van der Waals surface area contributed by atoms with Crippen molar-refractivity contribution < 1.29 is 19.2 Å². The first-order chi connectivity index (χ1) is 14.4. The summed E-state index contributed by atoms with van der Waals surface area (Å²) in [5.41, 5.74) is 0.646. The van der Waals surface area contributed by atoms with Gasteiger partial charge in [-0.15, -0.1) is 0 Å². The van der Waals surface area contributed by atoms with Crippen LogP contribution in [-0.4, -0.2) is 47.4 Å². The van der Waals surface area contributed by atoms with Crippen LogP contribution in [0.5, 0.6) is 0 Å². The smallest absolute Gasteiger partial charge is 0.336 e. The van der Waals surface area contributed by atoms with E-state index in [9.17, 15) is 19.7 Å². The Balaban J connectivity index is 2.19. The van der Waals surface area contributed by atoms with Gasteiger partial charge in [0, 0.05) is 24.9 Å². The maximum absolute atomic E-state index is 12.9. The van der Waals surface area contributed by atoms with Crippen molar-refractivity contribution in [2.75, 3.05) is 31.9 Å². The molecule has 1 aromatic carbocycles. The van der Waals surface area contributed by atoms with E-state index in [0.717, 1.165) is 0 Å². The first-order valence-corrected chi connectivity index (χ1v) is 10.2. The van der Waals surface area contributed by atoms with Crippen molar-refractivity contribution in [3.63, 3.8) is 0 Å². The predicted octanol–water partition coefficient (Wildman–Crippen LogP) is 2.42. The number of nitro benzene ring substituents is 1. The summed E-state index contributed by atoms with van der Waals surface area (Å²) in [5.74, 6) is -1.23. The number of fused-ring (bicyclic) bond motifs is 1. The van der Waals surface area contributed by atoms with Crippen LogP contribution < -0.4 is 10.9 Å². The fourth-order valence-electron chi connectivity index (χ4n) is 3.24. The lowest BCUT2D eigenvalue weighted by molar-refractivity contribution is -0.384. The summed E-state index contributed by atoms with van der Waals surface area (Å²) in [6.45, 7) is 1.91. The number of aromatic nitrogens is 2. The second-order valence-corrected chi connectivity index (χ2v) is 7.21. The molecule has 0 bridgehead atoms. The topological polar surface area (TPSA) is 136 Å². The Hall–Kier alpha value is -3.18. The number of methoxy groups -OCH3 is 1. The van der Waals surface area contributed by atoms with Gasteiger partial charge in [-0.1, -0.05) is 23.9 Å². The molecule has 0 saturated heterocycles. The number of carbonyl (C=O) groups is 1. The number of nitrogens with zero attached hydrogens (tertiary/aromatic N) is 2. The van der Waals surface area contributed by atoms with Crippen LogP contribution in [0, 0.1) is 10.1 Å². The van der Waals surface area contributed by atoms with Crippen molar-refractivity contribution in [2.24, 2.45) is 0 Å². The van der Waals surface area contributed by atoms with Gasteiger partial charge in [0.2, 0.25) is 0 Å². The van der Waals surface area contributed by atoms with Gasteiger partial charge in [-0.25, -0.2) is 9.78 Å². The van der Waals surface area contributed by atoms with E-state index in [1.54, 1.807) is 19.2 Å². The van der Waals surface area contributed by atoms with E-state index < -0.39 is 22.4 Å². The summed E-state index contributed by atoms with van der Waals surface area (Å²) in [5, 5.41) is 14.7. The number of nitrogens with one attached hydrogen (secondary N) is 2. The van der Waals surface area contributed by atoms with E-state index in [1.807, 2.05) is 0 Å². The van der Waals surface area contributed by atoms with Crippen LogP contribution in [0.15, 0.2) is 45.5 Å². The highest BCUT2D eigenvalue weighted by atomic mass is 32.2. The number of thioether (sulfide) groups is 1. The Bertz CT molecular complexity index is 1080. The van der Waals surface area contributed by atoms with Gasteiger partial charge in [0.25, 0.3) is 11.2 Å². The van der Waals surface area contributed by atoms with E-state index in [-0.39, 0.29) is 30.0 Å². The number of non-ortho nitro benzene ring substituents is 1. The number of ether oxygens (including phenoxy) is 2. The quantitative estimate of drug-likeness (QED) is 0.169. The highest BCUT2D eigenvalue weighted by Crippen LogP contribution is 2.40. The van der Waals surface area contributed by atoms with Gasteiger partial charge < -0.3 is 19.8 Å². The largest absolute Gasteiger partial charge is 0.460 e. The molecule has 158 valence electrons. The van der Waals surface area contributed by atoms with Crippen molar-refractivity contribution >= 4 is 29.2 Å². The minimum absolute atomic E-state index is 0.0284. The molecule has 0 spiro atoms. The molecule has 11 heteroatoms. The number of H-pyrrole nitrogens is 1. The number of allylic oxidation sites excluding steroid dienone is 1. The Kier molecular flexibility index (Phi) is 6.53. The minimum Gasteiger partial charge on any atom is -0.460 e. The number of benzene rings is 1. The van der Waals surface area contributed by atoms with Crippen LogP contribution >= 0.6 is 11.8 Å². The Labute approximate surface area is 175 Å². The van der Waals surface area contributed by atoms with Crippen LogP contribution in [0.3, 0.4) is 0 Å². The van der Waals surface area contributed by atoms with Crippen molar-refractivity contribution in [3.05, 3.63) is 67.1 Å². The van der Waals surface area contributed by atoms with Gasteiger partial charge in [-0.2, -0.15) is 0 Å². The monoisotopic (exact) mass is 432 g/mol. The SMILES string of the molecule is COCCOC(=O)C1=C(C)Nc2nc(SC)[nH]c(=O)c2C1c1cccc([N+](=O)[O-])c1. The number of hydrogen-bond acceptors (Lipinski definition) is 9. The highest BCUT2D eigenvalue weighted by Gasteiger charge is 2.37. The van der Waals surface area contributed by atoms with Crippen LogP contribution in [-0.2, 0) is 14.3 Å². The molecule has 0 saturated carbocycles. The van der Waals surface area contributed by atoms with E-state index in [1.165, 1.54) is 37.1 Å². The van der Waals surface area contributed by atoms with Gasteiger partial charge >= 0.3 is 5.97 Å². The Morgan fingerprint density at radius 2 is 2.13 bits per heavy atom. The predicted molar refractivity (Wildman–Crippen MR) is 111 cm³/mol. The minimum atomic E-state index is -0.886. The van der Waals surface area contributed by atoms with Crippen molar-refractivity contribution in [2.45, 2.75) is 18.0 Å². The number of hydrogen-bond donors (Lipinski definition) is 2. The molecule has 2 aromatic rings.